The summed E-state index contributed by atoms with van der Waals surface area (Å²) >= 11 is 0. The lowest BCUT2D eigenvalue weighted by molar-refractivity contribution is -0.310. The van der Waals surface area contributed by atoms with E-state index in [1.165, 1.54) is 0 Å². The molecular formula is C42H68N8O17. The van der Waals surface area contributed by atoms with Gasteiger partial charge in [0.05, 0.1) is 84.1 Å². The summed E-state index contributed by atoms with van der Waals surface area (Å²) in [5, 5.41) is 76.3. The highest BCUT2D eigenvalue weighted by Gasteiger charge is 2.55. The summed E-state index contributed by atoms with van der Waals surface area (Å²) in [5.74, 6) is -5.34. The Morgan fingerprint density at radius 1 is 0.821 bits per heavy atom. The molecule has 0 radical (unpaired) electrons. The molecule has 4 amide bonds. The van der Waals surface area contributed by atoms with Gasteiger partial charge in [0.1, 0.15) is 24.4 Å². The largest absolute Gasteiger partial charge is 0.477 e. The van der Waals surface area contributed by atoms with Crippen molar-refractivity contribution in [1.82, 2.24) is 41.9 Å². The molecule has 378 valence electrons. The topological polar surface area (TPSA) is 354 Å². The molecule has 1 saturated heterocycles. The first kappa shape index (κ1) is 56.4. The van der Waals surface area contributed by atoms with Gasteiger partial charge in [-0.3, -0.25) is 14.4 Å². The zero-order chi connectivity index (χ0) is 49.1. The van der Waals surface area contributed by atoms with Crippen LogP contribution in [0.15, 0.2) is 24.3 Å². The number of nitrogens with zero attached hydrogens (tertiary/aromatic N) is 3. The maximum atomic E-state index is 12.7. The standard InChI is InChI=1S/C42H68N8O17/c1-41(2,3)67-40(60)44-14-17-62-19-21-64-23-22-63-20-18-61-16-13-43-32(54)8-6-4-5-7-15-65-42(39(58)59)25-30(52)35(46-34(56)27-51)37(66-42)36(57)31(53)26-45-33(55)24-28-9-11-29(12-10-28)38-47-49-50-48-38/h9-12,30-31,35-37,51-53,57H,4-8,13-27H2,1-3H3,(H,43,54)(H,44,60)(H,45,55)(H,46,56)(H,58,59)(H,47,48,49,50)/t30-,31+,35+,36+,37+,42+/m0/s1. The van der Waals surface area contributed by atoms with Gasteiger partial charge in [0.15, 0.2) is 5.82 Å². The molecule has 0 spiro atoms. The van der Waals surface area contributed by atoms with Crippen LogP contribution in [0.2, 0.25) is 0 Å². The number of ether oxygens (including phenoxy) is 7. The van der Waals surface area contributed by atoms with Crippen LogP contribution in [0.25, 0.3) is 11.4 Å². The molecule has 1 aromatic carbocycles. The molecule has 3 rings (SSSR count). The molecule has 0 saturated carbocycles. The van der Waals surface area contributed by atoms with Crippen molar-refractivity contribution in [2.45, 2.75) is 108 Å². The second-order valence-corrected chi connectivity index (χ2v) is 16.4. The smallest absolute Gasteiger partial charge is 0.407 e. The number of carboxylic acids is 1. The van der Waals surface area contributed by atoms with Gasteiger partial charge >= 0.3 is 12.1 Å². The zero-order valence-corrected chi connectivity index (χ0v) is 38.3. The first-order chi connectivity index (χ1) is 32.0. The number of aromatic amines is 1. The van der Waals surface area contributed by atoms with Crippen molar-refractivity contribution in [3.63, 3.8) is 0 Å². The molecule has 1 fully saturated rings. The first-order valence-corrected chi connectivity index (χ1v) is 22.2. The molecule has 6 atom stereocenters. The number of carbonyl (C=O) groups excluding carboxylic acids is 4. The number of rotatable bonds is 33. The number of tetrazole rings is 1. The molecule has 67 heavy (non-hydrogen) atoms. The van der Waals surface area contributed by atoms with Gasteiger partial charge in [0.2, 0.25) is 17.7 Å². The number of aromatic nitrogens is 4. The van der Waals surface area contributed by atoms with Gasteiger partial charge in [-0.15, -0.1) is 5.10 Å². The Hall–Kier alpha value is -4.96. The molecule has 25 nitrogen and oxygen atoms in total. The Labute approximate surface area is 388 Å². The average molecular weight is 957 g/mol. The molecule has 0 aliphatic carbocycles. The Bertz CT molecular complexity index is 1750. The molecular weight excluding hydrogens is 889 g/mol. The predicted octanol–water partition coefficient (Wildman–Crippen LogP) is -1.67. The molecule has 10 N–H and O–H groups in total. The van der Waals surface area contributed by atoms with E-state index in [4.69, 9.17) is 33.2 Å². The van der Waals surface area contributed by atoms with Crippen molar-refractivity contribution in [3.05, 3.63) is 29.8 Å². The van der Waals surface area contributed by atoms with Gasteiger partial charge in [-0.1, -0.05) is 37.1 Å². The van der Waals surface area contributed by atoms with Crippen molar-refractivity contribution < 1.29 is 82.7 Å². The third-order valence-corrected chi connectivity index (χ3v) is 9.78. The highest BCUT2D eigenvalue weighted by Crippen LogP contribution is 2.34. The molecule has 25 heteroatoms. The number of alkyl carbamates (subject to hydrolysis) is 1. The van der Waals surface area contributed by atoms with E-state index in [0.29, 0.717) is 109 Å². The van der Waals surface area contributed by atoms with Crippen LogP contribution < -0.4 is 21.3 Å². The van der Waals surface area contributed by atoms with Crippen LogP contribution in [0.1, 0.15) is 64.9 Å². The quantitative estimate of drug-likeness (QED) is 0.0358. The van der Waals surface area contributed by atoms with E-state index in [0.717, 1.165) is 0 Å². The molecule has 0 unspecified atom stereocenters. The average Bonchev–Trinajstić information content (AvgIpc) is 3.83. The van der Waals surface area contributed by atoms with Crippen molar-refractivity contribution in [3.8, 4) is 11.4 Å². The van der Waals surface area contributed by atoms with E-state index >= 15 is 0 Å². The summed E-state index contributed by atoms with van der Waals surface area (Å²) in [6.45, 7) is 7.17. The highest BCUT2D eigenvalue weighted by molar-refractivity contribution is 5.79. The van der Waals surface area contributed by atoms with Crippen molar-refractivity contribution in [2.75, 3.05) is 85.7 Å². The number of carboxylic acid groups (broad SMARTS) is 1. The number of unbranched alkanes of at least 4 members (excludes halogenated alkanes) is 3. The SMILES string of the molecule is CC(C)(C)OC(=O)NCCOCCOCCOCCOCCNC(=O)CCCCCCO[C@]1(C(=O)O)C[C@H](O)[C@@H](NC(=O)CO)[C@H]([C@H](O)[C@H](O)CNC(=O)Cc2ccc(-c3nnn[nH]3)cc2)O1. The lowest BCUT2D eigenvalue weighted by Crippen LogP contribution is -2.68. The summed E-state index contributed by atoms with van der Waals surface area (Å²) < 4.78 is 38.3. The molecule has 0 bridgehead atoms. The zero-order valence-electron chi connectivity index (χ0n) is 38.3. The summed E-state index contributed by atoms with van der Waals surface area (Å²) in [5.41, 5.74) is 0.744. The molecule has 2 heterocycles. The number of aliphatic carboxylic acids is 1. The normalized spacial score (nSPS) is 19.2. The van der Waals surface area contributed by atoms with Crippen LogP contribution in [0.4, 0.5) is 4.79 Å². The third-order valence-electron chi connectivity index (χ3n) is 9.78. The van der Waals surface area contributed by atoms with E-state index < -0.39 is 85.3 Å². The Morgan fingerprint density at radius 2 is 1.43 bits per heavy atom. The number of carbonyl (C=O) groups is 5. The maximum absolute atomic E-state index is 12.7. The van der Waals surface area contributed by atoms with Crippen LogP contribution in [-0.4, -0.2) is 203 Å². The van der Waals surface area contributed by atoms with Crippen LogP contribution in [0.3, 0.4) is 0 Å². The summed E-state index contributed by atoms with van der Waals surface area (Å²) in [4.78, 5) is 61.2. The lowest BCUT2D eigenvalue weighted by atomic mass is 9.88. The summed E-state index contributed by atoms with van der Waals surface area (Å²) in [6.07, 6.45) is -6.15. The number of aliphatic hydroxyl groups is 4. The number of H-pyrrole nitrogens is 1. The van der Waals surface area contributed by atoms with Crippen molar-refractivity contribution >= 4 is 29.8 Å². The minimum absolute atomic E-state index is 0.0957. The number of amides is 4. The lowest BCUT2D eigenvalue weighted by Gasteiger charge is -2.46. The minimum Gasteiger partial charge on any atom is -0.477 e. The van der Waals surface area contributed by atoms with Gasteiger partial charge in [-0.25, -0.2) is 14.7 Å². The predicted molar refractivity (Wildman–Crippen MR) is 233 cm³/mol. The molecule has 2 aromatic rings. The Kier molecular flexibility index (Phi) is 25.6. The summed E-state index contributed by atoms with van der Waals surface area (Å²) in [7, 11) is 0. The van der Waals surface area contributed by atoms with Gasteiger partial charge in [0.25, 0.3) is 5.79 Å². The third kappa shape index (κ3) is 22.1. The molecule has 1 aliphatic rings. The molecule has 1 aromatic heterocycles. The summed E-state index contributed by atoms with van der Waals surface area (Å²) in [6, 6.07) is 5.28. The number of hydrogen-bond donors (Lipinski definition) is 10. The molecule has 1 aliphatic heterocycles. The van der Waals surface area contributed by atoms with E-state index in [1.54, 1.807) is 45.0 Å². The van der Waals surface area contributed by atoms with Crippen molar-refractivity contribution in [2.24, 2.45) is 0 Å². The van der Waals surface area contributed by atoms with Crippen LogP contribution in [-0.2, 0) is 58.8 Å². The number of hydrogen-bond acceptors (Lipinski definition) is 19. The van der Waals surface area contributed by atoms with E-state index in [-0.39, 0.29) is 25.4 Å². The van der Waals surface area contributed by atoms with E-state index in [2.05, 4.69) is 41.9 Å². The number of benzene rings is 1. The first-order valence-electron chi connectivity index (χ1n) is 22.2. The van der Waals surface area contributed by atoms with Crippen LogP contribution >= 0.6 is 0 Å². The van der Waals surface area contributed by atoms with Crippen LogP contribution in [0, 0.1) is 0 Å². The number of aliphatic hydroxyl groups excluding tert-OH is 4. The maximum Gasteiger partial charge on any atom is 0.407 e. The van der Waals surface area contributed by atoms with Gasteiger partial charge < -0.3 is 80.0 Å². The Morgan fingerprint density at radius 3 is 2.01 bits per heavy atom. The second kappa shape index (κ2) is 30.4. The highest BCUT2D eigenvalue weighted by atomic mass is 16.7. The van der Waals surface area contributed by atoms with Gasteiger partial charge in [-0.2, -0.15) is 0 Å². The van der Waals surface area contributed by atoms with E-state index in [9.17, 15) is 49.5 Å². The fourth-order valence-electron chi connectivity index (χ4n) is 6.45. The van der Waals surface area contributed by atoms with Crippen LogP contribution in [0.5, 0.6) is 0 Å². The fourth-order valence-corrected chi connectivity index (χ4v) is 6.45. The monoisotopic (exact) mass is 956 g/mol. The van der Waals surface area contributed by atoms with E-state index in [1.807, 2.05) is 0 Å². The second-order valence-electron chi connectivity index (χ2n) is 16.4. The van der Waals surface area contributed by atoms with Crippen molar-refractivity contribution in [1.29, 1.82) is 0 Å². The van der Waals surface area contributed by atoms with Gasteiger partial charge in [-0.05, 0) is 49.6 Å². The van der Waals surface area contributed by atoms with Gasteiger partial charge in [0, 0.05) is 38.0 Å². The number of nitrogens with one attached hydrogen (secondary N) is 5. The Balaban J connectivity index is 1.27. The minimum atomic E-state index is -2.49. The fraction of sp³-hybridized carbons (Fsp3) is 0.714.